The van der Waals surface area contributed by atoms with E-state index in [0.29, 0.717) is 27.9 Å². The van der Waals surface area contributed by atoms with Crippen molar-refractivity contribution in [1.82, 2.24) is 20.6 Å². The summed E-state index contributed by atoms with van der Waals surface area (Å²) >= 11 is 0. The molecule has 3 aromatic carbocycles. The number of carboxylic acids is 1. The zero-order valence-electron chi connectivity index (χ0n) is 19.1. The number of hydrogen-bond acceptors (Lipinski definition) is 6. The molecule has 0 aliphatic heterocycles. The standard InChI is InChI=1S/C27H24N4O5/c32-24(23(17-9-3-1-4-10-17)31-25(33)18-11-5-2-6-12-18)26(34)30-22(27(35)36)15-19-16-28-20-13-7-8-14-21(20)29-19/h1-14,16,22-24,32H,15H2,(H,30,34)(H,31,33)(H,35,36)/t22-,23+,24-/m1/s1. The molecule has 182 valence electrons. The van der Waals surface area contributed by atoms with Crippen LogP contribution in [-0.4, -0.2) is 50.1 Å². The Labute approximate surface area is 206 Å². The van der Waals surface area contributed by atoms with Crippen LogP contribution in [0.3, 0.4) is 0 Å². The number of hydrogen-bond donors (Lipinski definition) is 4. The number of carbonyl (C=O) groups is 3. The van der Waals surface area contributed by atoms with Gasteiger partial charge in [0.05, 0.1) is 22.8 Å². The van der Waals surface area contributed by atoms with Gasteiger partial charge in [0, 0.05) is 18.2 Å². The molecule has 4 aromatic rings. The first-order chi connectivity index (χ1) is 17.4. The molecule has 0 unspecified atom stereocenters. The van der Waals surface area contributed by atoms with Crippen molar-refractivity contribution in [2.45, 2.75) is 24.6 Å². The maximum absolute atomic E-state index is 13.0. The molecule has 3 atom stereocenters. The average Bonchev–Trinajstić information content (AvgIpc) is 2.91. The maximum atomic E-state index is 13.0. The Morgan fingerprint density at radius 2 is 1.42 bits per heavy atom. The minimum absolute atomic E-state index is 0.141. The van der Waals surface area contributed by atoms with E-state index >= 15 is 0 Å². The van der Waals surface area contributed by atoms with E-state index in [2.05, 4.69) is 20.6 Å². The number of amides is 2. The summed E-state index contributed by atoms with van der Waals surface area (Å²) in [4.78, 5) is 46.3. The van der Waals surface area contributed by atoms with Gasteiger partial charge in [-0.15, -0.1) is 0 Å². The van der Waals surface area contributed by atoms with Crippen LogP contribution in [0.15, 0.2) is 91.1 Å². The molecule has 36 heavy (non-hydrogen) atoms. The van der Waals surface area contributed by atoms with Gasteiger partial charge in [-0.25, -0.2) is 9.78 Å². The number of para-hydroxylation sites is 2. The lowest BCUT2D eigenvalue weighted by atomic mass is 9.99. The number of fused-ring (bicyclic) bond motifs is 1. The molecule has 1 aromatic heterocycles. The van der Waals surface area contributed by atoms with Crippen molar-refractivity contribution in [2.75, 3.05) is 0 Å². The highest BCUT2D eigenvalue weighted by atomic mass is 16.4. The van der Waals surface area contributed by atoms with Gasteiger partial charge in [-0.2, -0.15) is 0 Å². The molecule has 0 bridgehead atoms. The highest BCUT2D eigenvalue weighted by molar-refractivity contribution is 5.95. The lowest BCUT2D eigenvalue weighted by Crippen LogP contribution is -2.51. The molecule has 9 nitrogen and oxygen atoms in total. The molecule has 4 N–H and O–H groups in total. The predicted molar refractivity (Wildman–Crippen MR) is 132 cm³/mol. The van der Waals surface area contributed by atoms with E-state index in [1.807, 2.05) is 6.07 Å². The Bertz CT molecular complexity index is 1360. The third-order valence-corrected chi connectivity index (χ3v) is 5.59. The second-order valence-corrected chi connectivity index (χ2v) is 8.13. The van der Waals surface area contributed by atoms with Crippen LogP contribution in [-0.2, 0) is 16.0 Å². The molecule has 0 saturated heterocycles. The van der Waals surface area contributed by atoms with Crippen molar-refractivity contribution in [3.05, 3.63) is 108 Å². The fraction of sp³-hybridized carbons (Fsp3) is 0.148. The molecule has 2 amide bonds. The molecule has 0 aliphatic carbocycles. The van der Waals surface area contributed by atoms with Crippen LogP contribution in [0.4, 0.5) is 0 Å². The quantitative estimate of drug-likeness (QED) is 0.286. The zero-order chi connectivity index (χ0) is 25.5. The second-order valence-electron chi connectivity index (χ2n) is 8.13. The lowest BCUT2D eigenvalue weighted by molar-refractivity contribution is -0.143. The fourth-order valence-electron chi connectivity index (χ4n) is 3.73. The van der Waals surface area contributed by atoms with Crippen LogP contribution in [0, 0.1) is 0 Å². The minimum atomic E-state index is -1.76. The topological polar surface area (TPSA) is 142 Å². The second kappa shape index (κ2) is 11.2. The molecular weight excluding hydrogens is 460 g/mol. The smallest absolute Gasteiger partial charge is 0.326 e. The summed E-state index contributed by atoms with van der Waals surface area (Å²) in [7, 11) is 0. The average molecular weight is 485 g/mol. The predicted octanol–water partition coefficient (Wildman–Crippen LogP) is 2.27. The van der Waals surface area contributed by atoms with Gasteiger partial charge in [0.15, 0.2) is 6.10 Å². The summed E-state index contributed by atoms with van der Waals surface area (Å²) in [6, 6.07) is 21.5. The van der Waals surface area contributed by atoms with Crippen LogP contribution < -0.4 is 10.6 Å². The Balaban J connectivity index is 1.52. The molecule has 0 fully saturated rings. The van der Waals surface area contributed by atoms with Gasteiger partial charge in [-0.1, -0.05) is 60.7 Å². The third-order valence-electron chi connectivity index (χ3n) is 5.59. The SMILES string of the molecule is O=C(N[C@@H](c1ccccc1)[C@@H](O)C(=O)N[C@H](Cc1cnc2ccccc2n1)C(=O)O)c1ccccc1. The molecule has 0 radical (unpaired) electrons. The molecule has 9 heteroatoms. The van der Waals surface area contributed by atoms with Gasteiger partial charge in [0.1, 0.15) is 6.04 Å². The Morgan fingerprint density at radius 1 is 0.806 bits per heavy atom. The lowest BCUT2D eigenvalue weighted by Gasteiger charge is -2.25. The molecule has 0 spiro atoms. The molecule has 4 rings (SSSR count). The van der Waals surface area contributed by atoms with Gasteiger partial charge < -0.3 is 20.8 Å². The molecule has 0 aliphatic rings. The Kier molecular flexibility index (Phi) is 7.62. The van der Waals surface area contributed by atoms with Gasteiger partial charge >= 0.3 is 5.97 Å². The number of benzene rings is 3. The highest BCUT2D eigenvalue weighted by Gasteiger charge is 2.32. The summed E-state index contributed by atoms with van der Waals surface area (Å²) in [6.45, 7) is 0. The highest BCUT2D eigenvalue weighted by Crippen LogP contribution is 2.19. The van der Waals surface area contributed by atoms with Crippen molar-refractivity contribution < 1.29 is 24.6 Å². The van der Waals surface area contributed by atoms with Crippen LogP contribution in [0.5, 0.6) is 0 Å². The van der Waals surface area contributed by atoms with E-state index in [0.717, 1.165) is 0 Å². The first-order valence-corrected chi connectivity index (χ1v) is 11.2. The molecule has 0 saturated carbocycles. The number of aromatic nitrogens is 2. The van der Waals surface area contributed by atoms with E-state index < -0.39 is 36.0 Å². The van der Waals surface area contributed by atoms with Crippen LogP contribution in [0.2, 0.25) is 0 Å². The van der Waals surface area contributed by atoms with Crippen molar-refractivity contribution in [2.24, 2.45) is 0 Å². The molecular formula is C27H24N4O5. The number of rotatable bonds is 9. The van der Waals surface area contributed by atoms with Crippen molar-refractivity contribution in [3.8, 4) is 0 Å². The third kappa shape index (κ3) is 5.89. The first kappa shape index (κ1) is 24.5. The fourth-order valence-corrected chi connectivity index (χ4v) is 3.73. The van der Waals surface area contributed by atoms with Gasteiger partial charge in [-0.05, 0) is 29.8 Å². The number of nitrogens with zero attached hydrogens (tertiary/aromatic N) is 2. The van der Waals surface area contributed by atoms with E-state index in [1.165, 1.54) is 6.20 Å². The van der Waals surface area contributed by atoms with Crippen molar-refractivity contribution in [3.63, 3.8) is 0 Å². The zero-order valence-corrected chi connectivity index (χ0v) is 19.1. The Morgan fingerprint density at radius 3 is 2.08 bits per heavy atom. The number of nitrogens with one attached hydrogen (secondary N) is 2. The normalized spacial score (nSPS) is 13.4. The van der Waals surface area contributed by atoms with Gasteiger partial charge in [0.2, 0.25) is 0 Å². The number of carboxylic acid groups (broad SMARTS) is 1. The number of carbonyl (C=O) groups excluding carboxylic acids is 2. The summed E-state index contributed by atoms with van der Waals surface area (Å²) in [6.07, 6.45) is -0.448. The van der Waals surface area contributed by atoms with Crippen LogP contribution >= 0.6 is 0 Å². The van der Waals surface area contributed by atoms with E-state index in [9.17, 15) is 24.6 Å². The summed E-state index contributed by atoms with van der Waals surface area (Å²) < 4.78 is 0. The van der Waals surface area contributed by atoms with Crippen molar-refractivity contribution in [1.29, 1.82) is 0 Å². The monoisotopic (exact) mass is 484 g/mol. The Hall–Kier alpha value is -4.63. The minimum Gasteiger partial charge on any atom is -0.480 e. The molecule has 1 heterocycles. The van der Waals surface area contributed by atoms with Crippen molar-refractivity contribution >= 4 is 28.8 Å². The van der Waals surface area contributed by atoms with Crippen LogP contribution in [0.1, 0.15) is 27.7 Å². The first-order valence-electron chi connectivity index (χ1n) is 11.2. The van der Waals surface area contributed by atoms with E-state index in [1.54, 1.807) is 78.9 Å². The summed E-state index contributed by atoms with van der Waals surface area (Å²) in [5.74, 6) is -2.73. The van der Waals surface area contributed by atoms with Crippen LogP contribution in [0.25, 0.3) is 11.0 Å². The van der Waals surface area contributed by atoms with E-state index in [-0.39, 0.29) is 6.42 Å². The number of aliphatic carboxylic acids is 1. The largest absolute Gasteiger partial charge is 0.480 e. The number of aliphatic hydroxyl groups is 1. The van der Waals surface area contributed by atoms with E-state index in [4.69, 9.17) is 0 Å². The van der Waals surface area contributed by atoms with Gasteiger partial charge in [0.25, 0.3) is 11.8 Å². The summed E-state index contributed by atoms with van der Waals surface area (Å²) in [5, 5.41) is 25.7. The maximum Gasteiger partial charge on any atom is 0.326 e. The summed E-state index contributed by atoms with van der Waals surface area (Å²) in [5.41, 5.74) is 2.46. The number of aliphatic hydroxyl groups excluding tert-OH is 1. The van der Waals surface area contributed by atoms with Gasteiger partial charge in [-0.3, -0.25) is 14.6 Å².